The first-order chi connectivity index (χ1) is 5.61. The zero-order valence-electron chi connectivity index (χ0n) is 7.99. The topological polar surface area (TPSA) is 43.8 Å². The van der Waals surface area contributed by atoms with Gasteiger partial charge in [0.25, 0.3) is 0 Å². The van der Waals surface area contributed by atoms with Crippen molar-refractivity contribution in [2.24, 2.45) is 11.7 Å². The van der Waals surface area contributed by atoms with Crippen LogP contribution in [-0.4, -0.2) is 9.55 Å². The molecule has 1 aromatic heterocycles. The van der Waals surface area contributed by atoms with Crippen LogP contribution in [0, 0.1) is 5.92 Å². The largest absolute Gasteiger partial charge is 0.333 e. The van der Waals surface area contributed by atoms with Crippen LogP contribution in [0.5, 0.6) is 0 Å². The number of hydrogen-bond acceptors (Lipinski definition) is 2. The summed E-state index contributed by atoms with van der Waals surface area (Å²) in [7, 11) is 0. The minimum Gasteiger partial charge on any atom is -0.333 e. The van der Waals surface area contributed by atoms with Crippen molar-refractivity contribution in [1.29, 1.82) is 0 Å². The number of rotatable bonds is 3. The van der Waals surface area contributed by atoms with Gasteiger partial charge in [-0.15, -0.1) is 0 Å². The van der Waals surface area contributed by atoms with E-state index in [2.05, 4.69) is 23.4 Å². The van der Waals surface area contributed by atoms with Gasteiger partial charge in [-0.05, 0) is 12.8 Å². The second-order valence-corrected chi connectivity index (χ2v) is 3.62. The van der Waals surface area contributed by atoms with Crippen molar-refractivity contribution in [2.45, 2.75) is 33.4 Å². The molecule has 0 amide bonds. The Morgan fingerprint density at radius 3 is 2.67 bits per heavy atom. The third-order valence-electron chi connectivity index (χ3n) is 1.72. The summed E-state index contributed by atoms with van der Waals surface area (Å²) in [6.07, 6.45) is 3.79. The Kier molecular flexibility index (Phi) is 2.87. The highest BCUT2D eigenvalue weighted by molar-refractivity contribution is 4.96. The Hall–Kier alpha value is -0.830. The number of aromatic nitrogens is 2. The number of imidazole rings is 1. The lowest BCUT2D eigenvalue weighted by molar-refractivity contribution is 0.495. The van der Waals surface area contributed by atoms with Crippen molar-refractivity contribution in [2.75, 3.05) is 0 Å². The van der Waals surface area contributed by atoms with Crippen LogP contribution in [0.25, 0.3) is 0 Å². The van der Waals surface area contributed by atoms with E-state index in [1.807, 2.05) is 13.1 Å². The summed E-state index contributed by atoms with van der Waals surface area (Å²) in [4.78, 5) is 4.21. The fourth-order valence-electron chi connectivity index (χ4n) is 1.27. The maximum Gasteiger partial charge on any atom is 0.125 e. The summed E-state index contributed by atoms with van der Waals surface area (Å²) < 4.78 is 2.12. The number of nitrogens with two attached hydrogens (primary N) is 1. The second-order valence-electron chi connectivity index (χ2n) is 3.62. The van der Waals surface area contributed by atoms with Crippen LogP contribution >= 0.6 is 0 Å². The molecule has 12 heavy (non-hydrogen) atoms. The molecule has 1 atom stereocenters. The lowest BCUT2D eigenvalue weighted by Gasteiger charge is -2.11. The average molecular weight is 167 g/mol. The Labute approximate surface area is 73.6 Å². The predicted molar refractivity (Wildman–Crippen MR) is 49.7 cm³/mol. The van der Waals surface area contributed by atoms with Crippen molar-refractivity contribution in [1.82, 2.24) is 9.55 Å². The molecular weight excluding hydrogens is 150 g/mol. The molecule has 0 saturated heterocycles. The molecular formula is C9H17N3. The highest BCUT2D eigenvalue weighted by Crippen LogP contribution is 2.09. The van der Waals surface area contributed by atoms with Crippen molar-refractivity contribution in [3.05, 3.63) is 18.2 Å². The number of hydrogen-bond donors (Lipinski definition) is 1. The van der Waals surface area contributed by atoms with Gasteiger partial charge in [0.05, 0.1) is 6.04 Å². The van der Waals surface area contributed by atoms with Gasteiger partial charge in [0.1, 0.15) is 5.82 Å². The lowest BCUT2D eigenvalue weighted by Crippen LogP contribution is -2.15. The van der Waals surface area contributed by atoms with Gasteiger partial charge in [-0.25, -0.2) is 4.98 Å². The fourth-order valence-corrected chi connectivity index (χ4v) is 1.27. The highest BCUT2D eigenvalue weighted by Gasteiger charge is 2.07. The van der Waals surface area contributed by atoms with Crippen LogP contribution < -0.4 is 5.73 Å². The SMILES string of the molecule is CC(C)Cn1ccnc1C(C)N. The van der Waals surface area contributed by atoms with Crippen LogP contribution in [0.4, 0.5) is 0 Å². The van der Waals surface area contributed by atoms with E-state index in [9.17, 15) is 0 Å². The van der Waals surface area contributed by atoms with E-state index in [0.29, 0.717) is 5.92 Å². The quantitative estimate of drug-likeness (QED) is 0.742. The Bertz CT molecular complexity index is 238. The average Bonchev–Trinajstić information content (AvgIpc) is 2.33. The zero-order valence-corrected chi connectivity index (χ0v) is 7.99. The summed E-state index contributed by atoms with van der Waals surface area (Å²) in [5, 5.41) is 0. The predicted octanol–water partition coefficient (Wildman–Crippen LogP) is 1.56. The number of nitrogens with zero attached hydrogens (tertiary/aromatic N) is 2. The van der Waals surface area contributed by atoms with Crippen LogP contribution in [0.15, 0.2) is 12.4 Å². The minimum absolute atomic E-state index is 0.0266. The van der Waals surface area contributed by atoms with E-state index >= 15 is 0 Å². The molecule has 0 saturated carbocycles. The maximum atomic E-state index is 5.75. The molecule has 0 aliphatic heterocycles. The molecule has 1 unspecified atom stereocenters. The Morgan fingerprint density at radius 1 is 1.50 bits per heavy atom. The van der Waals surface area contributed by atoms with Crippen LogP contribution in [0.1, 0.15) is 32.6 Å². The van der Waals surface area contributed by atoms with Gasteiger partial charge in [-0.1, -0.05) is 13.8 Å². The van der Waals surface area contributed by atoms with Gasteiger partial charge in [-0.2, -0.15) is 0 Å². The molecule has 1 heterocycles. The molecule has 0 aromatic carbocycles. The maximum absolute atomic E-state index is 5.75. The Morgan fingerprint density at radius 2 is 2.17 bits per heavy atom. The van der Waals surface area contributed by atoms with Crippen molar-refractivity contribution < 1.29 is 0 Å². The molecule has 0 bridgehead atoms. The van der Waals surface area contributed by atoms with Gasteiger partial charge >= 0.3 is 0 Å². The van der Waals surface area contributed by atoms with Gasteiger partial charge in [0.2, 0.25) is 0 Å². The highest BCUT2D eigenvalue weighted by atomic mass is 15.1. The van der Waals surface area contributed by atoms with E-state index in [1.54, 1.807) is 6.20 Å². The molecule has 0 radical (unpaired) electrons. The molecule has 0 fully saturated rings. The molecule has 1 rings (SSSR count). The van der Waals surface area contributed by atoms with E-state index in [-0.39, 0.29) is 6.04 Å². The molecule has 1 aromatic rings. The molecule has 0 aliphatic rings. The fraction of sp³-hybridized carbons (Fsp3) is 0.667. The molecule has 3 heteroatoms. The zero-order chi connectivity index (χ0) is 9.14. The van der Waals surface area contributed by atoms with Gasteiger partial charge < -0.3 is 10.3 Å². The summed E-state index contributed by atoms with van der Waals surface area (Å²) >= 11 is 0. The standard InChI is InChI=1S/C9H17N3/c1-7(2)6-12-5-4-11-9(12)8(3)10/h4-5,7-8H,6,10H2,1-3H3. The minimum atomic E-state index is 0.0266. The normalized spacial score (nSPS) is 13.8. The van der Waals surface area contributed by atoms with Gasteiger partial charge in [0, 0.05) is 18.9 Å². The van der Waals surface area contributed by atoms with Crippen molar-refractivity contribution in [3.63, 3.8) is 0 Å². The first-order valence-corrected chi connectivity index (χ1v) is 4.38. The molecule has 0 spiro atoms. The molecule has 0 aliphatic carbocycles. The van der Waals surface area contributed by atoms with Crippen LogP contribution in [0.2, 0.25) is 0 Å². The van der Waals surface area contributed by atoms with Gasteiger partial charge in [-0.3, -0.25) is 0 Å². The van der Waals surface area contributed by atoms with Crippen molar-refractivity contribution in [3.8, 4) is 0 Å². The van der Waals surface area contributed by atoms with Crippen LogP contribution in [0.3, 0.4) is 0 Å². The summed E-state index contributed by atoms with van der Waals surface area (Å²) in [6, 6.07) is 0.0266. The first-order valence-electron chi connectivity index (χ1n) is 4.38. The summed E-state index contributed by atoms with van der Waals surface area (Å²) in [6.45, 7) is 7.33. The van der Waals surface area contributed by atoms with Crippen molar-refractivity contribution >= 4 is 0 Å². The van der Waals surface area contributed by atoms with E-state index in [4.69, 9.17) is 5.73 Å². The molecule has 68 valence electrons. The third kappa shape index (κ3) is 2.08. The van der Waals surface area contributed by atoms with Crippen LogP contribution in [-0.2, 0) is 6.54 Å². The van der Waals surface area contributed by atoms with Gasteiger partial charge in [0.15, 0.2) is 0 Å². The van der Waals surface area contributed by atoms with E-state index in [0.717, 1.165) is 12.4 Å². The first kappa shape index (κ1) is 9.26. The third-order valence-corrected chi connectivity index (χ3v) is 1.72. The smallest absolute Gasteiger partial charge is 0.125 e. The Balaban J connectivity index is 2.77. The van der Waals surface area contributed by atoms with E-state index < -0.39 is 0 Å². The summed E-state index contributed by atoms with van der Waals surface area (Å²) in [5.74, 6) is 1.61. The monoisotopic (exact) mass is 167 g/mol. The molecule has 3 nitrogen and oxygen atoms in total. The van der Waals surface area contributed by atoms with E-state index in [1.165, 1.54) is 0 Å². The lowest BCUT2D eigenvalue weighted by atomic mass is 10.2. The second kappa shape index (κ2) is 3.72. The molecule has 2 N–H and O–H groups in total. The summed E-state index contributed by atoms with van der Waals surface area (Å²) in [5.41, 5.74) is 5.75.